The van der Waals surface area contributed by atoms with Crippen LogP contribution in [0.1, 0.15) is 97.8 Å². The molecule has 0 aromatic carbocycles. The van der Waals surface area contributed by atoms with Crippen molar-refractivity contribution in [3.63, 3.8) is 0 Å². The summed E-state index contributed by atoms with van der Waals surface area (Å²) < 4.78 is 11.0. The van der Waals surface area contributed by atoms with Crippen molar-refractivity contribution in [2.75, 3.05) is 13.2 Å². The Bertz CT molecular complexity index is 447. The molecule has 1 fully saturated rings. The van der Waals surface area contributed by atoms with Crippen LogP contribution in [0.5, 0.6) is 0 Å². The molecule has 0 aliphatic heterocycles. The van der Waals surface area contributed by atoms with Gasteiger partial charge >= 0.3 is 11.9 Å². The third-order valence-electron chi connectivity index (χ3n) is 5.05. The zero-order valence-corrected chi connectivity index (χ0v) is 17.1. The van der Waals surface area contributed by atoms with Gasteiger partial charge in [-0.25, -0.2) is 9.59 Å². The normalized spacial score (nSPS) is 15.7. The molecule has 0 radical (unpaired) electrons. The monoisotopic (exact) mass is 366 g/mol. The van der Waals surface area contributed by atoms with Crippen LogP contribution in [0.25, 0.3) is 0 Å². The van der Waals surface area contributed by atoms with Crippen LogP contribution in [-0.2, 0) is 19.1 Å². The summed E-state index contributed by atoms with van der Waals surface area (Å²) in [5, 5.41) is 0. The maximum atomic E-state index is 12.8. The molecule has 26 heavy (non-hydrogen) atoms. The molecule has 0 aromatic heterocycles. The van der Waals surface area contributed by atoms with Gasteiger partial charge in [0.1, 0.15) is 0 Å². The van der Waals surface area contributed by atoms with E-state index in [2.05, 4.69) is 20.8 Å². The van der Waals surface area contributed by atoms with E-state index in [1.165, 1.54) is 0 Å². The van der Waals surface area contributed by atoms with E-state index >= 15 is 0 Å². The van der Waals surface area contributed by atoms with Crippen molar-refractivity contribution < 1.29 is 19.1 Å². The Kier molecular flexibility index (Phi) is 12.1. The SMILES string of the molecule is CCCCCC(C(=O)OCCCC)=C(C(=O)OCCCC)C1CCCC1. The second kappa shape index (κ2) is 13.8. The zero-order chi connectivity index (χ0) is 19.2. The molecule has 4 heteroatoms. The van der Waals surface area contributed by atoms with E-state index < -0.39 is 0 Å². The molecule has 1 aliphatic rings. The highest BCUT2D eigenvalue weighted by molar-refractivity contribution is 6.00. The minimum absolute atomic E-state index is 0.152. The summed E-state index contributed by atoms with van der Waals surface area (Å²) in [4.78, 5) is 25.6. The van der Waals surface area contributed by atoms with Gasteiger partial charge in [-0.2, -0.15) is 0 Å². The van der Waals surface area contributed by atoms with Gasteiger partial charge in [0.25, 0.3) is 0 Å². The lowest BCUT2D eigenvalue weighted by atomic mass is 9.90. The number of unbranched alkanes of at least 4 members (excludes halogenated alkanes) is 4. The number of carbonyl (C=O) groups excluding carboxylic acids is 2. The number of ether oxygens (including phenoxy) is 2. The molecular weight excluding hydrogens is 328 g/mol. The number of carbonyl (C=O) groups is 2. The lowest BCUT2D eigenvalue weighted by molar-refractivity contribution is -0.143. The number of hydrogen-bond donors (Lipinski definition) is 0. The standard InChI is InChI=1S/C22H38O4/c1-4-7-10-15-19(21(23)25-16-8-5-2)20(18-13-11-12-14-18)22(24)26-17-9-6-3/h18H,4-17H2,1-3H3. The minimum Gasteiger partial charge on any atom is -0.462 e. The number of hydrogen-bond acceptors (Lipinski definition) is 4. The topological polar surface area (TPSA) is 52.6 Å². The highest BCUT2D eigenvalue weighted by Gasteiger charge is 2.31. The van der Waals surface area contributed by atoms with Crippen molar-refractivity contribution in [3.8, 4) is 0 Å². The zero-order valence-electron chi connectivity index (χ0n) is 17.1. The van der Waals surface area contributed by atoms with Crippen molar-refractivity contribution in [3.05, 3.63) is 11.1 Å². The molecule has 1 aliphatic carbocycles. The Labute approximate surface area is 159 Å². The third-order valence-corrected chi connectivity index (χ3v) is 5.05. The van der Waals surface area contributed by atoms with E-state index in [4.69, 9.17) is 9.47 Å². The maximum absolute atomic E-state index is 12.8. The lowest BCUT2D eigenvalue weighted by Gasteiger charge is -2.19. The van der Waals surface area contributed by atoms with E-state index in [0.717, 1.165) is 70.6 Å². The summed E-state index contributed by atoms with van der Waals surface area (Å²) in [5.41, 5.74) is 1.21. The molecule has 4 nitrogen and oxygen atoms in total. The van der Waals surface area contributed by atoms with Gasteiger partial charge in [-0.05, 0) is 44.4 Å². The fourth-order valence-electron chi connectivity index (χ4n) is 3.43. The molecule has 0 aromatic rings. The quantitative estimate of drug-likeness (QED) is 0.237. The van der Waals surface area contributed by atoms with E-state index in [9.17, 15) is 9.59 Å². The van der Waals surface area contributed by atoms with Gasteiger partial charge in [0.15, 0.2) is 0 Å². The Morgan fingerprint density at radius 3 is 1.85 bits per heavy atom. The predicted molar refractivity (Wildman–Crippen MR) is 105 cm³/mol. The van der Waals surface area contributed by atoms with Gasteiger partial charge in [0, 0.05) is 5.57 Å². The van der Waals surface area contributed by atoms with Gasteiger partial charge < -0.3 is 9.47 Å². The summed E-state index contributed by atoms with van der Waals surface area (Å²) in [6.45, 7) is 7.14. The predicted octanol–water partition coefficient (Wildman–Crippen LogP) is 5.74. The Morgan fingerprint density at radius 1 is 0.769 bits per heavy atom. The molecule has 1 rings (SSSR count). The second-order valence-electron chi connectivity index (χ2n) is 7.31. The van der Waals surface area contributed by atoms with E-state index in [-0.39, 0.29) is 17.9 Å². The van der Waals surface area contributed by atoms with E-state index in [0.29, 0.717) is 30.8 Å². The van der Waals surface area contributed by atoms with E-state index in [1.807, 2.05) is 0 Å². The Hall–Kier alpha value is -1.32. The number of esters is 2. The molecule has 1 saturated carbocycles. The van der Waals surface area contributed by atoms with Crippen LogP contribution in [0.3, 0.4) is 0 Å². The molecule has 0 saturated heterocycles. The van der Waals surface area contributed by atoms with Gasteiger partial charge in [-0.1, -0.05) is 59.3 Å². The smallest absolute Gasteiger partial charge is 0.334 e. The van der Waals surface area contributed by atoms with Gasteiger partial charge in [0.05, 0.1) is 18.8 Å². The largest absolute Gasteiger partial charge is 0.462 e. The van der Waals surface area contributed by atoms with Crippen molar-refractivity contribution >= 4 is 11.9 Å². The summed E-state index contributed by atoms with van der Waals surface area (Å²) in [6, 6.07) is 0. The van der Waals surface area contributed by atoms with Crippen molar-refractivity contribution in [1.29, 1.82) is 0 Å². The molecule has 0 atom stereocenters. The molecule has 150 valence electrons. The van der Waals surface area contributed by atoms with Gasteiger partial charge in [-0.3, -0.25) is 0 Å². The highest BCUT2D eigenvalue weighted by Crippen LogP contribution is 2.35. The maximum Gasteiger partial charge on any atom is 0.334 e. The van der Waals surface area contributed by atoms with Crippen LogP contribution in [0.15, 0.2) is 11.1 Å². The van der Waals surface area contributed by atoms with Crippen molar-refractivity contribution in [2.45, 2.75) is 97.8 Å². The molecule has 0 amide bonds. The first kappa shape index (κ1) is 22.7. The van der Waals surface area contributed by atoms with E-state index in [1.54, 1.807) is 0 Å². The molecular formula is C22H38O4. The van der Waals surface area contributed by atoms with Gasteiger partial charge in [-0.15, -0.1) is 0 Å². The van der Waals surface area contributed by atoms with Crippen LogP contribution >= 0.6 is 0 Å². The lowest BCUT2D eigenvalue weighted by Crippen LogP contribution is -2.22. The number of rotatable bonds is 13. The molecule has 0 unspecified atom stereocenters. The Balaban J connectivity index is 3.03. The van der Waals surface area contributed by atoms with Gasteiger partial charge in [0.2, 0.25) is 0 Å². The van der Waals surface area contributed by atoms with Crippen LogP contribution in [0.2, 0.25) is 0 Å². The molecule has 0 spiro atoms. The average molecular weight is 367 g/mol. The average Bonchev–Trinajstić information content (AvgIpc) is 3.15. The van der Waals surface area contributed by atoms with Crippen LogP contribution in [0, 0.1) is 5.92 Å². The molecule has 0 bridgehead atoms. The summed E-state index contributed by atoms with van der Waals surface area (Å²) in [6.07, 6.45) is 11.5. The first-order chi connectivity index (χ1) is 12.7. The molecule has 0 heterocycles. The van der Waals surface area contributed by atoms with Crippen LogP contribution in [0.4, 0.5) is 0 Å². The molecule has 0 N–H and O–H groups in total. The third kappa shape index (κ3) is 7.92. The van der Waals surface area contributed by atoms with Crippen molar-refractivity contribution in [2.24, 2.45) is 5.92 Å². The first-order valence-corrected chi connectivity index (χ1v) is 10.7. The van der Waals surface area contributed by atoms with Crippen molar-refractivity contribution in [1.82, 2.24) is 0 Å². The fourth-order valence-corrected chi connectivity index (χ4v) is 3.43. The highest BCUT2D eigenvalue weighted by atomic mass is 16.5. The van der Waals surface area contributed by atoms with Crippen LogP contribution in [-0.4, -0.2) is 25.2 Å². The summed E-state index contributed by atoms with van der Waals surface area (Å²) in [5.74, 6) is -0.437. The minimum atomic E-state index is -0.302. The summed E-state index contributed by atoms with van der Waals surface area (Å²) >= 11 is 0. The Morgan fingerprint density at radius 2 is 1.31 bits per heavy atom. The summed E-state index contributed by atoms with van der Waals surface area (Å²) in [7, 11) is 0. The second-order valence-corrected chi connectivity index (χ2v) is 7.31. The fraction of sp³-hybridized carbons (Fsp3) is 0.818. The van der Waals surface area contributed by atoms with Crippen LogP contribution < -0.4 is 0 Å². The first-order valence-electron chi connectivity index (χ1n) is 10.7.